The second-order valence-electron chi connectivity index (χ2n) is 6.68. The number of likely N-dealkylation sites (tertiary alicyclic amines) is 1. The van der Waals surface area contributed by atoms with Crippen molar-refractivity contribution >= 4 is 10.1 Å². The summed E-state index contributed by atoms with van der Waals surface area (Å²) >= 11 is 0. The molecule has 0 spiro atoms. The Bertz CT molecular complexity index is 327. The van der Waals surface area contributed by atoms with E-state index in [1.807, 2.05) is 0 Å². The van der Waals surface area contributed by atoms with Crippen molar-refractivity contribution in [3.05, 3.63) is 0 Å². The Hall–Kier alpha value is -0.130. The fraction of sp³-hybridized carbons (Fsp3) is 1.00. The highest BCUT2D eigenvalue weighted by atomic mass is 32.2. The lowest BCUT2D eigenvalue weighted by Gasteiger charge is -2.37. The lowest BCUT2D eigenvalue weighted by Crippen LogP contribution is -2.48. The molecule has 0 unspecified atom stereocenters. The summed E-state index contributed by atoms with van der Waals surface area (Å²) in [6.07, 6.45) is 15.2. The molecule has 0 saturated carbocycles. The van der Waals surface area contributed by atoms with E-state index in [-0.39, 0.29) is 0 Å². The third kappa shape index (κ3) is 16.1. The van der Waals surface area contributed by atoms with Crippen LogP contribution in [0.4, 0.5) is 0 Å². The van der Waals surface area contributed by atoms with Crippen LogP contribution < -0.4 is 0 Å². The van der Waals surface area contributed by atoms with Crippen LogP contribution in [0.1, 0.15) is 71.1 Å². The third-order valence-corrected chi connectivity index (χ3v) is 4.20. The molecule has 0 aliphatic carbocycles. The molecule has 5 heteroatoms. The largest absolute Gasteiger partial charge is 0.748 e. The zero-order valence-electron chi connectivity index (χ0n) is 14.3. The van der Waals surface area contributed by atoms with Crippen molar-refractivity contribution in [1.29, 1.82) is 0 Å². The van der Waals surface area contributed by atoms with Crippen LogP contribution in [-0.4, -0.2) is 50.4 Å². The summed E-state index contributed by atoms with van der Waals surface area (Å²) in [5.41, 5.74) is 0. The van der Waals surface area contributed by atoms with E-state index in [1.165, 1.54) is 88.3 Å². The first-order chi connectivity index (χ1) is 9.77. The van der Waals surface area contributed by atoms with Crippen LogP contribution in [0.3, 0.4) is 0 Å². The molecule has 0 atom stereocenters. The minimum Gasteiger partial charge on any atom is -0.748 e. The summed E-state index contributed by atoms with van der Waals surface area (Å²) < 4.78 is 28.6. The average molecular weight is 322 g/mol. The molecule has 0 N–H and O–H groups in total. The van der Waals surface area contributed by atoms with Gasteiger partial charge in [0.1, 0.15) is 0 Å². The van der Waals surface area contributed by atoms with Gasteiger partial charge in [0.15, 0.2) is 0 Å². The topological polar surface area (TPSA) is 57.2 Å². The zero-order valence-corrected chi connectivity index (χ0v) is 15.1. The van der Waals surface area contributed by atoms with Gasteiger partial charge in [-0.3, -0.25) is 0 Å². The van der Waals surface area contributed by atoms with Crippen molar-refractivity contribution in [1.82, 2.24) is 0 Å². The normalized spacial score (nSPS) is 17.9. The monoisotopic (exact) mass is 321 g/mol. The summed E-state index contributed by atoms with van der Waals surface area (Å²) in [4.78, 5) is 0. The molecule has 0 aromatic heterocycles. The number of rotatable bonds is 8. The van der Waals surface area contributed by atoms with Gasteiger partial charge in [0.2, 0.25) is 0 Å². The zero-order chi connectivity index (χ0) is 16.2. The van der Waals surface area contributed by atoms with Crippen LogP contribution in [0.15, 0.2) is 0 Å². The van der Waals surface area contributed by atoms with E-state index in [0.717, 1.165) is 0 Å². The molecule has 0 bridgehead atoms. The Balaban J connectivity index is 0.000000690. The van der Waals surface area contributed by atoms with Crippen molar-refractivity contribution in [2.45, 2.75) is 71.1 Å². The molecule has 1 aliphatic heterocycles. The molecule has 1 heterocycles. The standard InChI is InChI=1S/C15H32N.CH4O3S/c1-3-4-5-6-7-8-10-13-16(2)14-11-9-12-15-16;1-5(2,3)4/h3-15H2,1-2H3;1H3,(H,2,3,4)/q+1;/p-1. The molecular formula is C16H35NO3S. The average Bonchev–Trinajstić information content (AvgIpc) is 2.36. The molecule has 0 aromatic rings. The van der Waals surface area contributed by atoms with Gasteiger partial charge in [0, 0.05) is 6.26 Å². The Kier molecular flexibility index (Phi) is 11.4. The Morgan fingerprint density at radius 3 is 1.81 bits per heavy atom. The summed E-state index contributed by atoms with van der Waals surface area (Å²) in [5.74, 6) is 0. The van der Waals surface area contributed by atoms with Gasteiger partial charge in [0.25, 0.3) is 0 Å². The number of quaternary nitrogens is 1. The van der Waals surface area contributed by atoms with Gasteiger partial charge in [0.05, 0.1) is 36.8 Å². The summed E-state index contributed by atoms with van der Waals surface area (Å²) in [7, 11) is -1.45. The maximum absolute atomic E-state index is 9.08. The van der Waals surface area contributed by atoms with Crippen molar-refractivity contribution in [3.8, 4) is 0 Å². The minimum atomic E-state index is -3.92. The van der Waals surface area contributed by atoms with Crippen molar-refractivity contribution in [2.75, 3.05) is 32.9 Å². The summed E-state index contributed by atoms with van der Waals surface area (Å²) in [6, 6.07) is 0. The fourth-order valence-electron chi connectivity index (χ4n) is 2.95. The van der Waals surface area contributed by atoms with E-state index in [0.29, 0.717) is 6.26 Å². The number of hydrogen-bond acceptors (Lipinski definition) is 3. The van der Waals surface area contributed by atoms with E-state index in [2.05, 4.69) is 14.0 Å². The highest BCUT2D eigenvalue weighted by Crippen LogP contribution is 2.18. The third-order valence-electron chi connectivity index (χ3n) is 4.20. The van der Waals surface area contributed by atoms with Crippen LogP contribution in [0.2, 0.25) is 0 Å². The highest BCUT2D eigenvalue weighted by Gasteiger charge is 2.23. The van der Waals surface area contributed by atoms with Gasteiger partial charge in [-0.15, -0.1) is 0 Å². The summed E-state index contributed by atoms with van der Waals surface area (Å²) in [6.45, 7) is 6.61. The number of unbranched alkanes of at least 4 members (excludes halogenated alkanes) is 6. The number of hydrogen-bond donors (Lipinski definition) is 0. The minimum absolute atomic E-state index is 0.604. The van der Waals surface area contributed by atoms with E-state index in [4.69, 9.17) is 13.0 Å². The molecule has 128 valence electrons. The van der Waals surface area contributed by atoms with Crippen molar-refractivity contribution in [2.24, 2.45) is 0 Å². The molecule has 1 saturated heterocycles. The SMILES string of the molecule is CCCCCCCCC[N+]1(C)CCCCC1.CS(=O)(=O)[O-]. The first kappa shape index (κ1) is 20.9. The lowest BCUT2D eigenvalue weighted by atomic mass is 10.1. The van der Waals surface area contributed by atoms with Crippen LogP contribution in [-0.2, 0) is 10.1 Å². The number of piperidine rings is 1. The quantitative estimate of drug-likeness (QED) is 0.390. The predicted molar refractivity (Wildman–Crippen MR) is 88.3 cm³/mol. The molecule has 0 radical (unpaired) electrons. The molecule has 1 rings (SSSR count). The van der Waals surface area contributed by atoms with Crippen molar-refractivity contribution in [3.63, 3.8) is 0 Å². The molecular weight excluding hydrogens is 286 g/mol. The molecule has 0 aromatic carbocycles. The Morgan fingerprint density at radius 1 is 0.905 bits per heavy atom. The highest BCUT2D eigenvalue weighted by molar-refractivity contribution is 7.84. The first-order valence-corrected chi connectivity index (χ1v) is 10.3. The maximum atomic E-state index is 9.08. The Labute approximate surface area is 132 Å². The van der Waals surface area contributed by atoms with Crippen LogP contribution >= 0.6 is 0 Å². The van der Waals surface area contributed by atoms with E-state index >= 15 is 0 Å². The molecule has 0 amide bonds. The van der Waals surface area contributed by atoms with Gasteiger partial charge < -0.3 is 9.04 Å². The van der Waals surface area contributed by atoms with Gasteiger partial charge in [-0.25, -0.2) is 8.42 Å². The van der Waals surface area contributed by atoms with Crippen LogP contribution in [0.25, 0.3) is 0 Å². The van der Waals surface area contributed by atoms with Gasteiger partial charge in [-0.1, -0.05) is 39.0 Å². The second-order valence-corrected chi connectivity index (χ2v) is 8.08. The second kappa shape index (κ2) is 11.4. The lowest BCUT2D eigenvalue weighted by molar-refractivity contribution is -0.914. The van der Waals surface area contributed by atoms with E-state index < -0.39 is 10.1 Å². The maximum Gasteiger partial charge on any atom is 0.0916 e. The smallest absolute Gasteiger partial charge is 0.0916 e. The number of nitrogens with zero attached hydrogens (tertiary/aromatic N) is 1. The van der Waals surface area contributed by atoms with Crippen molar-refractivity contribution < 1.29 is 17.5 Å². The molecule has 1 aliphatic rings. The van der Waals surface area contributed by atoms with Gasteiger partial charge >= 0.3 is 0 Å². The summed E-state index contributed by atoms with van der Waals surface area (Å²) in [5, 5.41) is 0. The first-order valence-electron chi connectivity index (χ1n) is 8.51. The van der Waals surface area contributed by atoms with Gasteiger partial charge in [-0.2, -0.15) is 0 Å². The molecule has 4 nitrogen and oxygen atoms in total. The van der Waals surface area contributed by atoms with E-state index in [1.54, 1.807) is 0 Å². The van der Waals surface area contributed by atoms with Crippen LogP contribution in [0.5, 0.6) is 0 Å². The predicted octanol–water partition coefficient (Wildman–Crippen LogP) is 3.53. The van der Waals surface area contributed by atoms with Crippen LogP contribution in [0, 0.1) is 0 Å². The van der Waals surface area contributed by atoms with Gasteiger partial charge in [-0.05, 0) is 32.1 Å². The molecule has 1 fully saturated rings. The molecule has 21 heavy (non-hydrogen) atoms. The van der Waals surface area contributed by atoms with E-state index in [9.17, 15) is 0 Å². The Morgan fingerprint density at radius 2 is 1.33 bits per heavy atom. The fourth-order valence-corrected chi connectivity index (χ4v) is 2.95.